The topological polar surface area (TPSA) is 91.6 Å². The van der Waals surface area contributed by atoms with Crippen molar-refractivity contribution in [2.24, 2.45) is 7.05 Å². The van der Waals surface area contributed by atoms with Crippen molar-refractivity contribution in [2.75, 3.05) is 7.05 Å². The van der Waals surface area contributed by atoms with Crippen molar-refractivity contribution in [1.82, 2.24) is 9.88 Å². The summed E-state index contributed by atoms with van der Waals surface area (Å²) in [5.41, 5.74) is -0.901. The fourth-order valence-electron chi connectivity index (χ4n) is 1.02. The molecule has 0 saturated heterocycles. The summed E-state index contributed by atoms with van der Waals surface area (Å²) in [7, 11) is 2.65. The second kappa shape index (κ2) is 3.41. The summed E-state index contributed by atoms with van der Waals surface area (Å²) in [5.74, 6) is -1.75. The number of carbonyl (C=O) groups excluding carboxylic acids is 1. The summed E-state index contributed by atoms with van der Waals surface area (Å²) in [6.07, 6.45) is 0. The Kier molecular flexibility index (Phi) is 2.46. The molecule has 0 radical (unpaired) electrons. The maximum Gasteiger partial charge on any atom is 0.260 e. The number of carbonyl (C=O) groups is 1. The molecule has 6 heteroatoms. The van der Waals surface area contributed by atoms with E-state index >= 15 is 0 Å². The van der Waals surface area contributed by atoms with Gasteiger partial charge in [-0.05, 0) is 0 Å². The molecule has 0 aliphatic rings. The first kappa shape index (κ1) is 10.1. The van der Waals surface area contributed by atoms with Crippen molar-refractivity contribution in [2.45, 2.75) is 0 Å². The summed E-state index contributed by atoms with van der Waals surface area (Å²) in [6, 6.07) is 0.865. The van der Waals surface area contributed by atoms with Crippen LogP contribution < -0.4 is 10.9 Å². The van der Waals surface area contributed by atoms with Crippen LogP contribution in [0, 0.1) is 0 Å². The molecule has 0 aliphatic carbocycles. The number of nitrogens with zero attached hydrogens (tertiary/aromatic N) is 1. The molecule has 3 N–H and O–H groups in total. The molecule has 1 aromatic heterocycles. The molecule has 1 aromatic rings. The quantitative estimate of drug-likeness (QED) is 0.548. The van der Waals surface area contributed by atoms with E-state index in [1.54, 1.807) is 0 Å². The van der Waals surface area contributed by atoms with E-state index < -0.39 is 23.1 Å². The van der Waals surface area contributed by atoms with Crippen molar-refractivity contribution in [3.8, 4) is 11.6 Å². The van der Waals surface area contributed by atoms with Gasteiger partial charge in [-0.1, -0.05) is 0 Å². The monoisotopic (exact) mass is 198 g/mol. The van der Waals surface area contributed by atoms with Crippen LogP contribution in [0.3, 0.4) is 0 Å². The average Bonchev–Trinajstić information content (AvgIpc) is 2.14. The van der Waals surface area contributed by atoms with Gasteiger partial charge in [0.25, 0.3) is 11.5 Å². The highest BCUT2D eigenvalue weighted by molar-refractivity contribution is 5.98. The predicted octanol–water partition coefficient (Wildman–Crippen LogP) is -0.844. The van der Waals surface area contributed by atoms with Crippen molar-refractivity contribution >= 4 is 5.91 Å². The molecule has 14 heavy (non-hydrogen) atoms. The van der Waals surface area contributed by atoms with Gasteiger partial charge in [0.1, 0.15) is 11.3 Å². The summed E-state index contributed by atoms with van der Waals surface area (Å²) >= 11 is 0. The van der Waals surface area contributed by atoms with Crippen LogP contribution >= 0.6 is 0 Å². The van der Waals surface area contributed by atoms with Crippen LogP contribution in [-0.2, 0) is 7.05 Å². The number of nitrogens with one attached hydrogen (secondary N) is 1. The van der Waals surface area contributed by atoms with Crippen LogP contribution in [0.2, 0.25) is 0 Å². The lowest BCUT2D eigenvalue weighted by Gasteiger charge is -2.08. The number of aromatic hydroxyl groups is 2. The Balaban J connectivity index is 3.52. The fourth-order valence-corrected chi connectivity index (χ4v) is 1.02. The molecule has 1 rings (SSSR count). The van der Waals surface area contributed by atoms with Crippen LogP contribution in [0.4, 0.5) is 0 Å². The first-order valence-electron chi connectivity index (χ1n) is 3.83. The van der Waals surface area contributed by atoms with Gasteiger partial charge in [-0.3, -0.25) is 14.2 Å². The zero-order valence-corrected chi connectivity index (χ0v) is 7.74. The predicted molar refractivity (Wildman–Crippen MR) is 48.4 cm³/mol. The van der Waals surface area contributed by atoms with Gasteiger partial charge in [0.15, 0.2) is 0 Å². The molecule has 6 nitrogen and oxygen atoms in total. The van der Waals surface area contributed by atoms with Crippen LogP contribution in [0.25, 0.3) is 0 Å². The molecular formula is C8H10N2O4. The second-order valence-corrected chi connectivity index (χ2v) is 2.70. The van der Waals surface area contributed by atoms with Crippen LogP contribution in [-0.4, -0.2) is 27.7 Å². The molecular weight excluding hydrogens is 188 g/mol. The van der Waals surface area contributed by atoms with Crippen molar-refractivity contribution < 1.29 is 15.0 Å². The van der Waals surface area contributed by atoms with Gasteiger partial charge in [0, 0.05) is 20.2 Å². The molecule has 0 aliphatic heterocycles. The minimum atomic E-state index is -0.657. The highest BCUT2D eigenvalue weighted by Gasteiger charge is 2.18. The van der Waals surface area contributed by atoms with Crippen molar-refractivity contribution in [3.63, 3.8) is 0 Å². The standard InChI is InChI=1S/C8H10N2O4/c1-9-7(13)6-4(11)3-5(12)10(2)8(6)14/h3,11,14H,1-2H3,(H,9,13). The Morgan fingerprint density at radius 3 is 2.57 bits per heavy atom. The normalized spacial score (nSPS) is 9.86. The van der Waals surface area contributed by atoms with E-state index in [1.165, 1.54) is 14.1 Å². The van der Waals surface area contributed by atoms with E-state index in [2.05, 4.69) is 5.32 Å². The maximum atomic E-state index is 11.2. The van der Waals surface area contributed by atoms with E-state index in [4.69, 9.17) is 0 Å². The van der Waals surface area contributed by atoms with Crippen molar-refractivity contribution in [3.05, 3.63) is 22.0 Å². The van der Waals surface area contributed by atoms with Gasteiger partial charge in [-0.2, -0.15) is 0 Å². The molecule has 0 atom stereocenters. The lowest BCUT2D eigenvalue weighted by molar-refractivity contribution is 0.0956. The molecule has 0 bridgehead atoms. The molecule has 0 saturated carbocycles. The number of pyridine rings is 1. The van der Waals surface area contributed by atoms with Crippen molar-refractivity contribution in [1.29, 1.82) is 0 Å². The summed E-state index contributed by atoms with van der Waals surface area (Å²) in [5, 5.41) is 20.9. The number of amides is 1. The third-order valence-corrected chi connectivity index (χ3v) is 1.84. The third kappa shape index (κ3) is 1.41. The largest absolute Gasteiger partial charge is 0.507 e. The van der Waals surface area contributed by atoms with E-state index in [0.717, 1.165) is 10.6 Å². The van der Waals surface area contributed by atoms with Crippen LogP contribution in [0.15, 0.2) is 10.9 Å². The fraction of sp³-hybridized carbons (Fsp3) is 0.250. The van der Waals surface area contributed by atoms with Gasteiger partial charge in [-0.25, -0.2) is 0 Å². The third-order valence-electron chi connectivity index (χ3n) is 1.84. The molecule has 0 fully saturated rings. The summed E-state index contributed by atoms with van der Waals surface area (Å²) in [4.78, 5) is 22.2. The highest BCUT2D eigenvalue weighted by Crippen LogP contribution is 2.22. The average molecular weight is 198 g/mol. The van der Waals surface area contributed by atoms with Crippen LogP contribution in [0.5, 0.6) is 11.6 Å². The summed E-state index contributed by atoms with van der Waals surface area (Å²) < 4.78 is 0.865. The molecule has 0 unspecified atom stereocenters. The number of rotatable bonds is 1. The Hall–Kier alpha value is -1.98. The Morgan fingerprint density at radius 2 is 2.07 bits per heavy atom. The minimum absolute atomic E-state index is 0.311. The highest BCUT2D eigenvalue weighted by atomic mass is 16.3. The number of hydrogen-bond acceptors (Lipinski definition) is 4. The van der Waals surface area contributed by atoms with E-state index in [1.807, 2.05) is 0 Å². The Morgan fingerprint density at radius 1 is 1.50 bits per heavy atom. The number of hydrogen-bond donors (Lipinski definition) is 3. The van der Waals surface area contributed by atoms with Gasteiger partial charge in [-0.15, -0.1) is 0 Å². The Bertz CT molecular complexity index is 436. The molecule has 0 spiro atoms. The SMILES string of the molecule is CNC(=O)c1c(O)cc(=O)n(C)c1O. The molecule has 76 valence electrons. The van der Waals surface area contributed by atoms with Gasteiger partial charge in [0.05, 0.1) is 0 Å². The lowest BCUT2D eigenvalue weighted by Crippen LogP contribution is -2.23. The van der Waals surface area contributed by atoms with E-state index in [9.17, 15) is 19.8 Å². The molecule has 1 amide bonds. The second-order valence-electron chi connectivity index (χ2n) is 2.70. The zero-order chi connectivity index (χ0) is 10.9. The summed E-state index contributed by atoms with van der Waals surface area (Å²) in [6.45, 7) is 0. The van der Waals surface area contributed by atoms with E-state index in [-0.39, 0.29) is 5.56 Å². The van der Waals surface area contributed by atoms with Gasteiger partial charge in [0.2, 0.25) is 5.88 Å². The molecule has 0 aromatic carbocycles. The molecule has 1 heterocycles. The zero-order valence-electron chi connectivity index (χ0n) is 7.74. The van der Waals surface area contributed by atoms with Crippen LogP contribution in [0.1, 0.15) is 10.4 Å². The van der Waals surface area contributed by atoms with Gasteiger partial charge >= 0.3 is 0 Å². The van der Waals surface area contributed by atoms with E-state index in [0.29, 0.717) is 0 Å². The lowest BCUT2D eigenvalue weighted by atomic mass is 10.2. The van der Waals surface area contributed by atoms with Gasteiger partial charge < -0.3 is 15.5 Å². The first-order valence-corrected chi connectivity index (χ1v) is 3.83. The number of aromatic nitrogens is 1. The Labute approximate surface area is 79.4 Å². The minimum Gasteiger partial charge on any atom is -0.507 e. The first-order chi connectivity index (χ1) is 6.49. The maximum absolute atomic E-state index is 11.2. The smallest absolute Gasteiger partial charge is 0.260 e.